The molecule has 0 aromatic heterocycles. The summed E-state index contributed by atoms with van der Waals surface area (Å²) in [5, 5.41) is 0. The first kappa shape index (κ1) is 18.6. The molecule has 112 valence electrons. The quantitative estimate of drug-likeness (QED) is 0.472. The average Bonchev–Trinajstić information content (AvgIpc) is 2.34. The highest BCUT2D eigenvalue weighted by atomic mass is 28.3. The molecule has 0 N–H and O–H groups in total. The van der Waals surface area contributed by atoms with Crippen LogP contribution in [0.25, 0.3) is 0 Å². The number of esters is 1. The minimum atomic E-state index is -1.59. The summed E-state index contributed by atoms with van der Waals surface area (Å²) in [6, 6.07) is 3.46. The number of hydrogen-bond donors (Lipinski definition) is 0. The molecule has 0 saturated heterocycles. The Morgan fingerprint density at radius 3 is 1.84 bits per heavy atom. The molecule has 0 aliphatic carbocycles. The van der Waals surface area contributed by atoms with Gasteiger partial charge in [-0.25, -0.2) is 0 Å². The van der Waals surface area contributed by atoms with E-state index < -0.39 is 16.1 Å². The second-order valence-corrected chi connectivity index (χ2v) is 16.9. The maximum Gasteiger partial charge on any atom is 0.309 e. The molecule has 0 rings (SSSR count). The molecule has 0 spiro atoms. The third kappa shape index (κ3) is 5.65. The molecule has 1 atom stereocenters. The summed E-state index contributed by atoms with van der Waals surface area (Å²) in [5.74, 6) is 0.00853. The van der Waals surface area contributed by atoms with E-state index in [0.717, 1.165) is 18.1 Å². The molecule has 0 aliphatic rings. The first-order valence-corrected chi connectivity index (χ1v) is 13.9. The van der Waals surface area contributed by atoms with Crippen molar-refractivity contribution in [2.75, 3.05) is 6.61 Å². The van der Waals surface area contributed by atoms with Gasteiger partial charge in [-0.2, -0.15) is 0 Å². The molecule has 0 heterocycles. The van der Waals surface area contributed by atoms with Crippen LogP contribution in [0.2, 0.25) is 43.3 Å². The Kier molecular flexibility index (Phi) is 7.90. The lowest BCUT2D eigenvalue weighted by molar-refractivity contribution is -0.142. The Morgan fingerprint density at radius 1 is 1.05 bits per heavy atom. The van der Waals surface area contributed by atoms with Crippen molar-refractivity contribution in [2.45, 2.75) is 71.0 Å². The van der Waals surface area contributed by atoms with Gasteiger partial charge in [0.2, 0.25) is 0 Å². The summed E-state index contributed by atoms with van der Waals surface area (Å²) in [4.78, 5) is 12.4. The highest BCUT2D eigenvalue weighted by molar-refractivity contribution is 6.85. The molecule has 1 unspecified atom stereocenters. The van der Waals surface area contributed by atoms with Crippen LogP contribution < -0.4 is 0 Å². The van der Waals surface area contributed by atoms with Crippen LogP contribution in [-0.2, 0) is 9.53 Å². The minimum Gasteiger partial charge on any atom is -0.466 e. The fraction of sp³-hybridized carbons (Fsp3) is 0.800. The number of hydrogen-bond acceptors (Lipinski definition) is 2. The summed E-state index contributed by atoms with van der Waals surface area (Å²) in [5.41, 5.74) is 2.36. The molecule has 2 nitrogen and oxygen atoms in total. The van der Waals surface area contributed by atoms with Gasteiger partial charge in [-0.15, -0.1) is 0 Å². The van der Waals surface area contributed by atoms with E-state index in [4.69, 9.17) is 4.74 Å². The molecule has 0 amide bonds. The van der Waals surface area contributed by atoms with E-state index in [0.29, 0.717) is 6.61 Å². The number of ether oxygens (including phenoxy) is 1. The summed E-state index contributed by atoms with van der Waals surface area (Å²) in [6.07, 6.45) is 2.20. The summed E-state index contributed by atoms with van der Waals surface area (Å²) < 4.78 is 5.34. The minimum absolute atomic E-state index is 0.00853. The molecule has 0 aromatic rings. The van der Waals surface area contributed by atoms with E-state index in [1.165, 1.54) is 0 Å². The third-order valence-electron chi connectivity index (χ3n) is 4.10. The molecule has 0 radical (unpaired) electrons. The van der Waals surface area contributed by atoms with Crippen LogP contribution in [0.5, 0.6) is 0 Å². The van der Waals surface area contributed by atoms with Gasteiger partial charge in [0.05, 0.1) is 28.3 Å². The highest BCUT2D eigenvalue weighted by Crippen LogP contribution is 2.36. The molecule has 0 aromatic carbocycles. The predicted octanol–water partition coefficient (Wildman–Crippen LogP) is 4.86. The maximum atomic E-state index is 12.4. The fourth-order valence-corrected chi connectivity index (χ4v) is 7.43. The Morgan fingerprint density at radius 2 is 1.53 bits per heavy atom. The molecule has 0 bridgehead atoms. The van der Waals surface area contributed by atoms with E-state index in [1.807, 2.05) is 6.92 Å². The number of rotatable bonds is 8. The Hall–Kier alpha value is -0.356. The predicted molar refractivity (Wildman–Crippen MR) is 90.1 cm³/mol. The van der Waals surface area contributed by atoms with Crippen LogP contribution in [0.1, 0.15) is 27.7 Å². The van der Waals surface area contributed by atoms with Gasteiger partial charge in [0.15, 0.2) is 0 Å². The van der Waals surface area contributed by atoms with Crippen LogP contribution >= 0.6 is 0 Å². The van der Waals surface area contributed by atoms with E-state index in [-0.39, 0.29) is 11.5 Å². The van der Waals surface area contributed by atoms with Gasteiger partial charge < -0.3 is 4.74 Å². The monoisotopic (exact) mass is 300 g/mol. The van der Waals surface area contributed by atoms with Gasteiger partial charge in [0.1, 0.15) is 0 Å². The van der Waals surface area contributed by atoms with E-state index in [1.54, 1.807) is 0 Å². The van der Waals surface area contributed by atoms with Gasteiger partial charge in [-0.1, -0.05) is 70.3 Å². The van der Waals surface area contributed by atoms with Crippen molar-refractivity contribution >= 4 is 22.1 Å². The maximum absolute atomic E-state index is 12.4. The first-order valence-electron chi connectivity index (χ1n) is 7.62. The Bertz CT molecular complexity index is 293. The third-order valence-corrected chi connectivity index (χ3v) is 11.3. The zero-order chi connectivity index (χ0) is 15.1. The van der Waals surface area contributed by atoms with Crippen molar-refractivity contribution in [1.82, 2.24) is 0 Å². The largest absolute Gasteiger partial charge is 0.466 e. The normalized spacial score (nSPS) is 14.7. The standard InChI is InChI=1S/C15H32O2Si2/c1-8-17-15(16)14(12-13-18(5,6)7)19(9-2,10-3)11-4/h12-14H,8-11H2,1-7H3/b13-12+. The van der Waals surface area contributed by atoms with Gasteiger partial charge in [0.25, 0.3) is 0 Å². The molecule has 4 heteroatoms. The van der Waals surface area contributed by atoms with Crippen LogP contribution in [0.15, 0.2) is 11.8 Å². The fourth-order valence-electron chi connectivity index (χ4n) is 2.56. The zero-order valence-electron chi connectivity index (χ0n) is 13.9. The van der Waals surface area contributed by atoms with Crippen LogP contribution in [-0.4, -0.2) is 28.7 Å². The summed E-state index contributed by atoms with van der Waals surface area (Å²) >= 11 is 0. The van der Waals surface area contributed by atoms with E-state index in [2.05, 4.69) is 52.2 Å². The lowest BCUT2D eigenvalue weighted by atomic mass is 10.4. The van der Waals surface area contributed by atoms with E-state index >= 15 is 0 Å². The smallest absolute Gasteiger partial charge is 0.309 e. The van der Waals surface area contributed by atoms with Gasteiger partial charge in [-0.3, -0.25) is 4.79 Å². The molecule has 0 fully saturated rings. The number of carbonyl (C=O) groups is 1. The van der Waals surface area contributed by atoms with Gasteiger partial charge >= 0.3 is 5.97 Å². The van der Waals surface area contributed by atoms with Gasteiger partial charge in [0, 0.05) is 0 Å². The van der Waals surface area contributed by atoms with Crippen LogP contribution in [0, 0.1) is 0 Å². The molecular weight excluding hydrogens is 268 g/mol. The lowest BCUT2D eigenvalue weighted by Crippen LogP contribution is -2.41. The van der Waals surface area contributed by atoms with Crippen molar-refractivity contribution in [3.63, 3.8) is 0 Å². The SMILES string of the molecule is CCOC(=O)C(/C=C/[Si](C)(C)C)[Si](CC)(CC)CC. The first-order chi connectivity index (χ1) is 8.76. The second-order valence-electron chi connectivity index (χ2n) is 6.38. The molecule has 19 heavy (non-hydrogen) atoms. The van der Waals surface area contributed by atoms with Crippen molar-refractivity contribution in [2.24, 2.45) is 0 Å². The Labute approximate surface area is 121 Å². The molecular formula is C15H32O2Si2. The molecule has 0 saturated carbocycles. The van der Waals surface area contributed by atoms with Crippen molar-refractivity contribution < 1.29 is 9.53 Å². The van der Waals surface area contributed by atoms with E-state index in [9.17, 15) is 4.79 Å². The Balaban J connectivity index is 5.37. The van der Waals surface area contributed by atoms with Crippen molar-refractivity contribution in [3.8, 4) is 0 Å². The highest BCUT2D eigenvalue weighted by Gasteiger charge is 2.40. The summed E-state index contributed by atoms with van der Waals surface area (Å²) in [6.45, 7) is 16.0. The number of carbonyl (C=O) groups excluding carboxylic acids is 1. The van der Waals surface area contributed by atoms with Crippen LogP contribution in [0.4, 0.5) is 0 Å². The van der Waals surface area contributed by atoms with Gasteiger partial charge in [-0.05, 0) is 6.92 Å². The topological polar surface area (TPSA) is 26.3 Å². The second kappa shape index (κ2) is 8.05. The zero-order valence-corrected chi connectivity index (χ0v) is 15.9. The van der Waals surface area contributed by atoms with Crippen molar-refractivity contribution in [1.29, 1.82) is 0 Å². The summed E-state index contributed by atoms with van der Waals surface area (Å²) in [7, 11) is -2.86. The average molecular weight is 301 g/mol. The van der Waals surface area contributed by atoms with Crippen LogP contribution in [0.3, 0.4) is 0 Å². The van der Waals surface area contributed by atoms with Crippen molar-refractivity contribution in [3.05, 3.63) is 11.8 Å². The lowest BCUT2D eigenvalue weighted by Gasteiger charge is -2.34. The molecule has 0 aliphatic heterocycles.